The molecule has 1 rings (SSSR count). The van der Waals surface area contributed by atoms with Gasteiger partial charge < -0.3 is 16.0 Å². The summed E-state index contributed by atoms with van der Waals surface area (Å²) in [6.07, 6.45) is 3.32. The van der Waals surface area contributed by atoms with Gasteiger partial charge in [0.1, 0.15) is 0 Å². The molecule has 0 aromatic rings. The molecule has 17 heavy (non-hydrogen) atoms. The van der Waals surface area contributed by atoms with Gasteiger partial charge in [-0.3, -0.25) is 9.59 Å². The van der Waals surface area contributed by atoms with Crippen molar-refractivity contribution in [2.75, 3.05) is 19.6 Å². The fourth-order valence-electron chi connectivity index (χ4n) is 2.07. The summed E-state index contributed by atoms with van der Waals surface area (Å²) in [6, 6.07) is 0.184. The molecule has 0 aromatic carbocycles. The second-order valence-electron chi connectivity index (χ2n) is 4.49. The number of amides is 2. The van der Waals surface area contributed by atoms with E-state index in [1.165, 1.54) is 0 Å². The Labute approximate surface area is 102 Å². The molecule has 5 heteroatoms. The van der Waals surface area contributed by atoms with Gasteiger partial charge in [0.2, 0.25) is 11.8 Å². The van der Waals surface area contributed by atoms with Gasteiger partial charge in [-0.05, 0) is 19.8 Å². The quantitative estimate of drug-likeness (QED) is 0.518. The van der Waals surface area contributed by atoms with Crippen molar-refractivity contribution in [3.8, 4) is 0 Å². The lowest BCUT2D eigenvalue weighted by Crippen LogP contribution is -2.51. The van der Waals surface area contributed by atoms with E-state index in [0.717, 1.165) is 12.8 Å². The van der Waals surface area contributed by atoms with Crippen LogP contribution in [0.25, 0.3) is 0 Å². The van der Waals surface area contributed by atoms with Crippen molar-refractivity contribution >= 4 is 11.8 Å². The minimum atomic E-state index is -0.311. The molecular formula is C12H21N3O2. The van der Waals surface area contributed by atoms with Crippen molar-refractivity contribution in [2.24, 2.45) is 11.7 Å². The van der Waals surface area contributed by atoms with Crippen molar-refractivity contribution in [2.45, 2.75) is 25.8 Å². The Bertz CT molecular complexity index is 304. The summed E-state index contributed by atoms with van der Waals surface area (Å²) < 4.78 is 0. The van der Waals surface area contributed by atoms with Gasteiger partial charge in [-0.1, -0.05) is 6.08 Å². The van der Waals surface area contributed by atoms with Crippen molar-refractivity contribution in [1.29, 1.82) is 0 Å². The van der Waals surface area contributed by atoms with E-state index >= 15 is 0 Å². The van der Waals surface area contributed by atoms with E-state index in [-0.39, 0.29) is 30.3 Å². The van der Waals surface area contributed by atoms with Crippen LogP contribution in [-0.2, 0) is 9.59 Å². The van der Waals surface area contributed by atoms with Crippen LogP contribution in [0.15, 0.2) is 12.7 Å². The van der Waals surface area contributed by atoms with Gasteiger partial charge in [0.05, 0.1) is 12.5 Å². The Hall–Kier alpha value is -1.36. The zero-order valence-corrected chi connectivity index (χ0v) is 10.3. The number of piperidine rings is 1. The molecule has 2 amide bonds. The number of nitrogens with two attached hydrogens (primary N) is 1. The second kappa shape index (κ2) is 6.39. The first-order valence-corrected chi connectivity index (χ1v) is 5.96. The molecule has 0 aliphatic carbocycles. The largest absolute Gasteiger partial charge is 0.369 e. The van der Waals surface area contributed by atoms with E-state index in [9.17, 15) is 9.59 Å². The van der Waals surface area contributed by atoms with Crippen LogP contribution in [0, 0.1) is 5.92 Å². The number of hydrogen-bond donors (Lipinski definition) is 2. The number of nitrogens with zero attached hydrogens (tertiary/aromatic N) is 1. The lowest BCUT2D eigenvalue weighted by Gasteiger charge is -2.37. The van der Waals surface area contributed by atoms with Crippen LogP contribution in [0.4, 0.5) is 0 Å². The zero-order chi connectivity index (χ0) is 12.8. The van der Waals surface area contributed by atoms with Crippen LogP contribution in [0.2, 0.25) is 0 Å². The molecule has 0 radical (unpaired) electrons. The molecule has 0 spiro atoms. The molecule has 1 aliphatic rings. The Morgan fingerprint density at radius 2 is 2.24 bits per heavy atom. The minimum Gasteiger partial charge on any atom is -0.369 e. The van der Waals surface area contributed by atoms with E-state index in [4.69, 9.17) is 5.73 Å². The molecule has 2 unspecified atom stereocenters. The third-order valence-corrected chi connectivity index (χ3v) is 3.17. The average Bonchev–Trinajstić information content (AvgIpc) is 2.29. The normalized spacial score (nSPS) is 24.4. The number of carbonyl (C=O) groups is 2. The lowest BCUT2D eigenvalue weighted by molar-refractivity contribution is -0.136. The maximum Gasteiger partial charge on any atom is 0.236 e. The van der Waals surface area contributed by atoms with Gasteiger partial charge >= 0.3 is 0 Å². The van der Waals surface area contributed by atoms with E-state index in [0.29, 0.717) is 13.1 Å². The molecule has 1 heterocycles. The van der Waals surface area contributed by atoms with Gasteiger partial charge in [-0.2, -0.15) is 0 Å². The second-order valence-corrected chi connectivity index (χ2v) is 4.49. The molecular weight excluding hydrogens is 218 g/mol. The molecule has 96 valence electrons. The third kappa shape index (κ3) is 3.85. The SMILES string of the molecule is C=CCNCC(=O)N1CC(C(N)=O)CCC1C. The maximum atomic E-state index is 11.9. The van der Waals surface area contributed by atoms with Crippen LogP contribution in [-0.4, -0.2) is 42.4 Å². The standard InChI is InChI=1S/C12H21N3O2/c1-3-6-14-7-11(16)15-8-10(12(13)17)5-4-9(15)2/h3,9-10,14H,1,4-8H2,2H3,(H2,13,17). The van der Waals surface area contributed by atoms with E-state index in [1.807, 2.05) is 6.92 Å². The van der Waals surface area contributed by atoms with Crippen LogP contribution in [0.1, 0.15) is 19.8 Å². The van der Waals surface area contributed by atoms with Crippen LogP contribution < -0.4 is 11.1 Å². The van der Waals surface area contributed by atoms with Crippen molar-refractivity contribution in [3.05, 3.63) is 12.7 Å². The van der Waals surface area contributed by atoms with Gasteiger partial charge in [0.15, 0.2) is 0 Å². The number of primary amides is 1. The number of carbonyl (C=O) groups excluding carboxylic acids is 2. The molecule has 1 aliphatic heterocycles. The fourth-order valence-corrected chi connectivity index (χ4v) is 2.07. The van der Waals surface area contributed by atoms with Crippen molar-refractivity contribution < 1.29 is 9.59 Å². The topological polar surface area (TPSA) is 75.4 Å². The Morgan fingerprint density at radius 3 is 2.82 bits per heavy atom. The summed E-state index contributed by atoms with van der Waals surface area (Å²) in [7, 11) is 0. The highest BCUT2D eigenvalue weighted by Gasteiger charge is 2.31. The van der Waals surface area contributed by atoms with Crippen molar-refractivity contribution in [3.63, 3.8) is 0 Å². The average molecular weight is 239 g/mol. The molecule has 0 saturated carbocycles. The smallest absolute Gasteiger partial charge is 0.236 e. The summed E-state index contributed by atoms with van der Waals surface area (Å²) in [4.78, 5) is 24.8. The predicted octanol–water partition coefficient (Wildman–Crippen LogP) is -0.126. The molecule has 5 nitrogen and oxygen atoms in total. The summed E-state index contributed by atoms with van der Waals surface area (Å²) in [6.45, 7) is 6.91. The third-order valence-electron chi connectivity index (χ3n) is 3.17. The molecule has 0 bridgehead atoms. The Kier molecular flexibility index (Phi) is 5.15. The van der Waals surface area contributed by atoms with Gasteiger partial charge in [-0.25, -0.2) is 0 Å². The summed E-state index contributed by atoms with van der Waals surface area (Å²) in [5, 5.41) is 2.97. The summed E-state index contributed by atoms with van der Waals surface area (Å²) in [5.41, 5.74) is 5.29. The number of hydrogen-bond acceptors (Lipinski definition) is 3. The highest BCUT2D eigenvalue weighted by atomic mass is 16.2. The van der Waals surface area contributed by atoms with Gasteiger partial charge in [-0.15, -0.1) is 6.58 Å². The first-order valence-electron chi connectivity index (χ1n) is 5.96. The summed E-state index contributed by atoms with van der Waals surface area (Å²) >= 11 is 0. The molecule has 3 N–H and O–H groups in total. The zero-order valence-electron chi connectivity index (χ0n) is 10.3. The van der Waals surface area contributed by atoms with E-state index < -0.39 is 0 Å². The first kappa shape index (κ1) is 13.7. The summed E-state index contributed by atoms with van der Waals surface area (Å²) in [5.74, 6) is -0.492. The monoisotopic (exact) mass is 239 g/mol. The maximum absolute atomic E-state index is 11.9. The minimum absolute atomic E-state index is 0.0188. The predicted molar refractivity (Wildman–Crippen MR) is 66.2 cm³/mol. The van der Waals surface area contributed by atoms with Crippen LogP contribution >= 0.6 is 0 Å². The van der Waals surface area contributed by atoms with Crippen LogP contribution in [0.3, 0.4) is 0 Å². The number of rotatable bonds is 5. The van der Waals surface area contributed by atoms with Crippen LogP contribution in [0.5, 0.6) is 0 Å². The van der Waals surface area contributed by atoms with Gasteiger partial charge in [0.25, 0.3) is 0 Å². The molecule has 1 saturated heterocycles. The highest BCUT2D eigenvalue weighted by Crippen LogP contribution is 2.21. The number of likely N-dealkylation sites (tertiary alicyclic amines) is 1. The highest BCUT2D eigenvalue weighted by molar-refractivity contribution is 5.81. The molecule has 2 atom stereocenters. The lowest BCUT2D eigenvalue weighted by atomic mass is 9.93. The van der Waals surface area contributed by atoms with Gasteiger partial charge in [0, 0.05) is 19.1 Å². The molecule has 1 fully saturated rings. The Balaban J connectivity index is 2.51. The van der Waals surface area contributed by atoms with E-state index in [1.54, 1.807) is 11.0 Å². The first-order chi connectivity index (χ1) is 8.06. The number of nitrogens with one attached hydrogen (secondary N) is 1. The van der Waals surface area contributed by atoms with E-state index in [2.05, 4.69) is 11.9 Å². The fraction of sp³-hybridized carbons (Fsp3) is 0.667. The van der Waals surface area contributed by atoms with Crippen molar-refractivity contribution in [1.82, 2.24) is 10.2 Å². The molecule has 0 aromatic heterocycles. The Morgan fingerprint density at radius 1 is 1.53 bits per heavy atom.